The summed E-state index contributed by atoms with van der Waals surface area (Å²) in [7, 11) is 5.12. The number of nitrogens with one attached hydrogen (secondary N) is 1. The molecule has 0 saturated heterocycles. The molecule has 1 aromatic carbocycles. The molecule has 90 valence electrons. The molecule has 17 heavy (non-hydrogen) atoms. The van der Waals surface area contributed by atoms with E-state index in [1.807, 2.05) is 26.1 Å². The molecule has 0 radical (unpaired) electrons. The van der Waals surface area contributed by atoms with Gasteiger partial charge in [-0.05, 0) is 24.6 Å². The van der Waals surface area contributed by atoms with Gasteiger partial charge in [-0.3, -0.25) is 0 Å². The Bertz CT molecular complexity index is 553. The van der Waals surface area contributed by atoms with Gasteiger partial charge in [0.25, 0.3) is 0 Å². The first-order valence-electron chi connectivity index (χ1n) is 5.40. The minimum Gasteiger partial charge on any atom is -0.493 e. The number of anilines is 1. The number of rotatable bonds is 3. The Kier molecular flexibility index (Phi) is 3.04. The van der Waals surface area contributed by atoms with Crippen LogP contribution < -0.4 is 14.8 Å². The highest BCUT2D eigenvalue weighted by Crippen LogP contribution is 2.32. The van der Waals surface area contributed by atoms with Crippen molar-refractivity contribution < 1.29 is 9.47 Å². The summed E-state index contributed by atoms with van der Waals surface area (Å²) in [6, 6.07) is 5.90. The monoisotopic (exact) mass is 232 g/mol. The van der Waals surface area contributed by atoms with E-state index < -0.39 is 0 Å². The maximum atomic E-state index is 5.27. The van der Waals surface area contributed by atoms with Crippen molar-refractivity contribution in [2.75, 3.05) is 26.6 Å². The van der Waals surface area contributed by atoms with Crippen molar-refractivity contribution in [2.45, 2.75) is 6.92 Å². The molecule has 2 aromatic rings. The molecule has 4 heteroatoms. The number of pyridine rings is 1. The predicted molar refractivity (Wildman–Crippen MR) is 69.1 cm³/mol. The molecule has 1 heterocycles. The molecule has 0 fully saturated rings. The van der Waals surface area contributed by atoms with E-state index in [0.29, 0.717) is 5.75 Å². The van der Waals surface area contributed by atoms with E-state index in [0.717, 1.165) is 28.0 Å². The van der Waals surface area contributed by atoms with E-state index in [9.17, 15) is 0 Å². The number of benzene rings is 1. The highest BCUT2D eigenvalue weighted by molar-refractivity contribution is 5.85. The lowest BCUT2D eigenvalue weighted by Gasteiger charge is -2.11. The van der Waals surface area contributed by atoms with Gasteiger partial charge >= 0.3 is 0 Å². The van der Waals surface area contributed by atoms with Gasteiger partial charge in [0.2, 0.25) is 0 Å². The number of methoxy groups -OCH3 is 2. The third-order valence-corrected chi connectivity index (χ3v) is 2.75. The Morgan fingerprint density at radius 3 is 2.29 bits per heavy atom. The molecule has 0 saturated carbocycles. The van der Waals surface area contributed by atoms with Crippen molar-refractivity contribution in [3.63, 3.8) is 0 Å². The Balaban J connectivity index is 2.70. The van der Waals surface area contributed by atoms with Gasteiger partial charge in [0.1, 0.15) is 5.82 Å². The first kappa shape index (κ1) is 11.5. The van der Waals surface area contributed by atoms with Gasteiger partial charge in [-0.1, -0.05) is 0 Å². The molecular weight excluding hydrogens is 216 g/mol. The summed E-state index contributed by atoms with van der Waals surface area (Å²) >= 11 is 0. The largest absolute Gasteiger partial charge is 0.493 e. The normalized spacial score (nSPS) is 10.4. The number of ether oxygens (including phenoxy) is 2. The SMILES string of the molecule is CNc1nc2cc(OC)c(OC)cc2cc1C. The van der Waals surface area contributed by atoms with E-state index >= 15 is 0 Å². The fourth-order valence-electron chi connectivity index (χ4n) is 1.86. The maximum absolute atomic E-state index is 5.27. The van der Waals surface area contributed by atoms with Crippen LogP contribution in [0.25, 0.3) is 10.9 Å². The molecular formula is C13H16N2O2. The lowest BCUT2D eigenvalue weighted by atomic mass is 10.1. The van der Waals surface area contributed by atoms with Crippen LogP contribution in [0.3, 0.4) is 0 Å². The Morgan fingerprint density at radius 1 is 1.06 bits per heavy atom. The molecule has 0 aliphatic heterocycles. The Morgan fingerprint density at radius 2 is 1.71 bits per heavy atom. The molecule has 0 unspecified atom stereocenters. The van der Waals surface area contributed by atoms with Crippen molar-refractivity contribution in [1.82, 2.24) is 4.98 Å². The van der Waals surface area contributed by atoms with Gasteiger partial charge < -0.3 is 14.8 Å². The smallest absolute Gasteiger partial charge is 0.162 e. The zero-order valence-electron chi connectivity index (χ0n) is 10.5. The summed E-state index contributed by atoms with van der Waals surface area (Å²) in [5, 5.41) is 4.11. The van der Waals surface area contributed by atoms with Crippen LogP contribution in [0, 0.1) is 6.92 Å². The van der Waals surface area contributed by atoms with Gasteiger partial charge in [0.15, 0.2) is 11.5 Å². The van der Waals surface area contributed by atoms with Crippen molar-refractivity contribution in [3.8, 4) is 11.5 Å². The molecule has 4 nitrogen and oxygen atoms in total. The number of nitrogens with zero attached hydrogens (tertiary/aromatic N) is 1. The third-order valence-electron chi connectivity index (χ3n) is 2.75. The van der Waals surface area contributed by atoms with Gasteiger partial charge in [-0.2, -0.15) is 0 Å². The summed E-state index contributed by atoms with van der Waals surface area (Å²) in [4.78, 5) is 4.53. The summed E-state index contributed by atoms with van der Waals surface area (Å²) in [6.45, 7) is 2.02. The highest BCUT2D eigenvalue weighted by Gasteiger charge is 2.08. The standard InChI is InChI=1S/C13H16N2O2/c1-8-5-9-6-11(16-3)12(17-4)7-10(9)15-13(8)14-2/h5-7H,1-4H3,(H,14,15). The molecule has 2 rings (SSSR count). The number of aryl methyl sites for hydroxylation is 1. The second-order valence-electron chi connectivity index (χ2n) is 3.80. The minimum absolute atomic E-state index is 0.693. The van der Waals surface area contributed by atoms with Crippen molar-refractivity contribution in [2.24, 2.45) is 0 Å². The molecule has 0 aliphatic carbocycles. The molecule has 0 amide bonds. The van der Waals surface area contributed by atoms with Gasteiger partial charge in [0.05, 0.1) is 19.7 Å². The summed E-state index contributed by atoms with van der Waals surface area (Å²) in [5.74, 6) is 2.29. The summed E-state index contributed by atoms with van der Waals surface area (Å²) in [5.41, 5.74) is 1.99. The van der Waals surface area contributed by atoms with Crippen molar-refractivity contribution in [3.05, 3.63) is 23.8 Å². The number of hydrogen-bond donors (Lipinski definition) is 1. The van der Waals surface area contributed by atoms with Crippen LogP contribution in [0.15, 0.2) is 18.2 Å². The molecule has 0 spiro atoms. The van der Waals surface area contributed by atoms with E-state index in [4.69, 9.17) is 9.47 Å². The maximum Gasteiger partial charge on any atom is 0.162 e. The van der Waals surface area contributed by atoms with Gasteiger partial charge in [0, 0.05) is 18.5 Å². The zero-order valence-corrected chi connectivity index (χ0v) is 10.5. The highest BCUT2D eigenvalue weighted by atomic mass is 16.5. The minimum atomic E-state index is 0.693. The van der Waals surface area contributed by atoms with E-state index in [1.54, 1.807) is 14.2 Å². The van der Waals surface area contributed by atoms with E-state index in [-0.39, 0.29) is 0 Å². The first-order valence-corrected chi connectivity index (χ1v) is 5.40. The van der Waals surface area contributed by atoms with Crippen LogP contribution in [-0.4, -0.2) is 26.3 Å². The van der Waals surface area contributed by atoms with Gasteiger partial charge in [-0.25, -0.2) is 4.98 Å². The van der Waals surface area contributed by atoms with Crippen LogP contribution in [-0.2, 0) is 0 Å². The lowest BCUT2D eigenvalue weighted by Crippen LogP contribution is -1.97. The molecule has 0 atom stereocenters. The lowest BCUT2D eigenvalue weighted by molar-refractivity contribution is 0.356. The van der Waals surface area contributed by atoms with Crippen molar-refractivity contribution >= 4 is 16.7 Å². The summed E-state index contributed by atoms with van der Waals surface area (Å²) in [6.07, 6.45) is 0. The Hall–Kier alpha value is -1.97. The average Bonchev–Trinajstić information content (AvgIpc) is 2.36. The second-order valence-corrected chi connectivity index (χ2v) is 3.80. The van der Waals surface area contributed by atoms with Crippen LogP contribution in [0.1, 0.15) is 5.56 Å². The Labute approximate surface area is 101 Å². The fraction of sp³-hybridized carbons (Fsp3) is 0.308. The van der Waals surface area contributed by atoms with Crippen LogP contribution in [0.2, 0.25) is 0 Å². The van der Waals surface area contributed by atoms with Crippen LogP contribution >= 0.6 is 0 Å². The molecule has 0 bridgehead atoms. The molecule has 0 aliphatic rings. The number of aromatic nitrogens is 1. The second kappa shape index (κ2) is 4.49. The number of hydrogen-bond acceptors (Lipinski definition) is 4. The topological polar surface area (TPSA) is 43.4 Å². The van der Waals surface area contributed by atoms with E-state index in [2.05, 4.69) is 16.4 Å². The van der Waals surface area contributed by atoms with Crippen molar-refractivity contribution in [1.29, 1.82) is 0 Å². The number of fused-ring (bicyclic) bond motifs is 1. The summed E-state index contributed by atoms with van der Waals surface area (Å²) < 4.78 is 10.5. The quantitative estimate of drug-likeness (QED) is 0.883. The first-order chi connectivity index (χ1) is 8.19. The molecule has 1 aromatic heterocycles. The average molecular weight is 232 g/mol. The fourth-order valence-corrected chi connectivity index (χ4v) is 1.86. The zero-order chi connectivity index (χ0) is 12.4. The van der Waals surface area contributed by atoms with Crippen LogP contribution in [0.5, 0.6) is 11.5 Å². The third kappa shape index (κ3) is 1.98. The van der Waals surface area contributed by atoms with E-state index in [1.165, 1.54) is 0 Å². The van der Waals surface area contributed by atoms with Gasteiger partial charge in [-0.15, -0.1) is 0 Å². The van der Waals surface area contributed by atoms with Crippen LogP contribution in [0.4, 0.5) is 5.82 Å². The molecule has 1 N–H and O–H groups in total. The predicted octanol–water partition coefficient (Wildman–Crippen LogP) is 2.60.